The first kappa shape index (κ1) is 18.1. The van der Waals surface area contributed by atoms with Crippen molar-refractivity contribution in [1.29, 1.82) is 0 Å². The van der Waals surface area contributed by atoms with E-state index in [0.29, 0.717) is 6.54 Å². The molecule has 0 saturated carbocycles. The summed E-state index contributed by atoms with van der Waals surface area (Å²) in [5, 5.41) is 3.09. The zero-order valence-electron chi connectivity index (χ0n) is 16.4. The Balaban J connectivity index is 1.49. The van der Waals surface area contributed by atoms with E-state index in [4.69, 9.17) is 0 Å². The molecule has 2 aromatic rings. The molecule has 0 aromatic heterocycles. The Morgan fingerprint density at radius 3 is 2.70 bits per heavy atom. The lowest BCUT2D eigenvalue weighted by Crippen LogP contribution is -2.46. The molecule has 1 fully saturated rings. The number of likely N-dealkylation sites (tertiary alicyclic amines) is 1. The van der Waals surface area contributed by atoms with Crippen molar-refractivity contribution in [3.8, 4) is 0 Å². The van der Waals surface area contributed by atoms with Crippen LogP contribution in [0.4, 0.5) is 5.69 Å². The lowest BCUT2D eigenvalue weighted by Gasteiger charge is -2.39. The van der Waals surface area contributed by atoms with Gasteiger partial charge >= 0.3 is 0 Å². The number of hydrogen-bond donors (Lipinski definition) is 1. The lowest BCUT2D eigenvalue weighted by molar-refractivity contribution is 0.0954. The van der Waals surface area contributed by atoms with E-state index in [1.165, 1.54) is 36.2 Å². The monoisotopic (exact) mass is 363 g/mol. The molecule has 2 aliphatic rings. The molecule has 0 radical (unpaired) electrons. The number of nitrogens with one attached hydrogen (secondary N) is 1. The minimum Gasteiger partial charge on any atom is -0.373 e. The number of likely N-dealkylation sites (N-methyl/N-ethyl adjacent to an activating group) is 2. The van der Waals surface area contributed by atoms with Gasteiger partial charge < -0.3 is 15.1 Å². The summed E-state index contributed by atoms with van der Waals surface area (Å²) in [7, 11) is 4.38. The fourth-order valence-corrected chi connectivity index (χ4v) is 4.84. The van der Waals surface area contributed by atoms with Gasteiger partial charge in [0.25, 0.3) is 5.91 Å². The van der Waals surface area contributed by atoms with Gasteiger partial charge in [0.1, 0.15) is 0 Å². The average molecular weight is 364 g/mol. The molecule has 0 aliphatic carbocycles. The minimum absolute atomic E-state index is 0.0302. The van der Waals surface area contributed by atoms with Crippen molar-refractivity contribution in [3.05, 3.63) is 65.2 Å². The van der Waals surface area contributed by atoms with Crippen LogP contribution in [-0.2, 0) is 11.8 Å². The van der Waals surface area contributed by atoms with Gasteiger partial charge in [-0.2, -0.15) is 0 Å². The van der Waals surface area contributed by atoms with Gasteiger partial charge in [-0.05, 0) is 62.2 Å². The van der Waals surface area contributed by atoms with E-state index in [1.54, 1.807) is 0 Å². The highest BCUT2D eigenvalue weighted by molar-refractivity contribution is 5.95. The summed E-state index contributed by atoms with van der Waals surface area (Å²) < 4.78 is 0. The number of rotatable bonds is 4. The predicted octanol–water partition coefficient (Wildman–Crippen LogP) is 3.07. The third-order valence-electron chi connectivity index (χ3n) is 6.09. The number of piperidine rings is 1. The third kappa shape index (κ3) is 3.59. The highest BCUT2D eigenvalue weighted by Crippen LogP contribution is 2.45. The normalized spacial score (nSPS) is 22.1. The quantitative estimate of drug-likeness (QED) is 0.907. The van der Waals surface area contributed by atoms with Gasteiger partial charge in [-0.25, -0.2) is 0 Å². The number of fused-ring (bicyclic) bond motifs is 2. The van der Waals surface area contributed by atoms with E-state index < -0.39 is 0 Å². The minimum atomic E-state index is 0.0302. The van der Waals surface area contributed by atoms with Crippen molar-refractivity contribution in [1.82, 2.24) is 10.2 Å². The molecule has 2 aromatic carbocycles. The van der Waals surface area contributed by atoms with Crippen LogP contribution in [0.1, 0.15) is 34.3 Å². The maximum atomic E-state index is 12.7. The summed E-state index contributed by atoms with van der Waals surface area (Å²) in [5.74, 6) is 0.0302. The zero-order chi connectivity index (χ0) is 18.9. The maximum Gasteiger partial charge on any atom is 0.251 e. The van der Waals surface area contributed by atoms with Gasteiger partial charge in [-0.1, -0.05) is 30.3 Å². The summed E-state index contributed by atoms with van der Waals surface area (Å²) in [5.41, 5.74) is 4.83. The number of nitrogens with zero attached hydrogens (tertiary/aromatic N) is 2. The molecule has 27 heavy (non-hydrogen) atoms. The Kier molecular flexibility index (Phi) is 4.92. The van der Waals surface area contributed by atoms with Crippen LogP contribution in [-0.4, -0.2) is 51.1 Å². The molecule has 1 unspecified atom stereocenters. The highest BCUT2D eigenvalue weighted by Gasteiger charge is 2.43. The van der Waals surface area contributed by atoms with Crippen molar-refractivity contribution in [3.63, 3.8) is 0 Å². The molecule has 1 saturated heterocycles. The Labute approximate surface area is 162 Å². The van der Waals surface area contributed by atoms with Gasteiger partial charge in [0.05, 0.1) is 0 Å². The molecule has 142 valence electrons. The second-order valence-corrected chi connectivity index (χ2v) is 8.20. The van der Waals surface area contributed by atoms with Crippen LogP contribution in [0.2, 0.25) is 0 Å². The van der Waals surface area contributed by atoms with Crippen molar-refractivity contribution in [2.75, 3.05) is 45.2 Å². The summed E-state index contributed by atoms with van der Waals surface area (Å²) >= 11 is 0. The van der Waals surface area contributed by atoms with Gasteiger partial charge in [0.15, 0.2) is 0 Å². The molecule has 2 aliphatic heterocycles. The average Bonchev–Trinajstić information content (AvgIpc) is 2.93. The molecule has 1 spiro atoms. The van der Waals surface area contributed by atoms with Crippen LogP contribution in [0.15, 0.2) is 48.5 Å². The van der Waals surface area contributed by atoms with Gasteiger partial charge in [-0.15, -0.1) is 0 Å². The zero-order valence-corrected chi connectivity index (χ0v) is 16.4. The Morgan fingerprint density at radius 2 is 1.93 bits per heavy atom. The largest absolute Gasteiger partial charge is 0.373 e. The SMILES string of the molecule is CN1CCCC2(C1)CN(C)c1ccc(C(=O)NCCc3ccccc3)cc12. The number of carbonyl (C=O) groups is 1. The molecule has 4 nitrogen and oxygen atoms in total. The maximum absolute atomic E-state index is 12.7. The standard InChI is InChI=1S/C23H29N3O/c1-25-14-6-12-23(16-25)17-26(2)21-10-9-19(15-20(21)23)22(27)24-13-11-18-7-4-3-5-8-18/h3-5,7-10,15H,6,11-14,16-17H2,1-2H3,(H,24,27). The third-order valence-corrected chi connectivity index (χ3v) is 6.09. The molecule has 1 amide bonds. The van der Waals surface area contributed by atoms with Gasteiger partial charge in [0.2, 0.25) is 0 Å². The van der Waals surface area contributed by atoms with E-state index in [9.17, 15) is 4.79 Å². The molecule has 4 rings (SSSR count). The number of amides is 1. The summed E-state index contributed by atoms with van der Waals surface area (Å²) in [6, 6.07) is 16.5. The predicted molar refractivity (Wildman–Crippen MR) is 111 cm³/mol. The molecule has 1 atom stereocenters. The topological polar surface area (TPSA) is 35.6 Å². The highest BCUT2D eigenvalue weighted by atomic mass is 16.1. The van der Waals surface area contributed by atoms with Crippen molar-refractivity contribution < 1.29 is 4.79 Å². The van der Waals surface area contributed by atoms with E-state index in [0.717, 1.165) is 25.1 Å². The summed E-state index contributed by atoms with van der Waals surface area (Å²) in [4.78, 5) is 17.5. The first-order chi connectivity index (χ1) is 13.1. The summed E-state index contributed by atoms with van der Waals surface area (Å²) in [6.45, 7) is 3.95. The molecule has 1 N–H and O–H groups in total. The van der Waals surface area contributed by atoms with Crippen LogP contribution < -0.4 is 10.2 Å². The lowest BCUT2D eigenvalue weighted by atomic mass is 9.75. The van der Waals surface area contributed by atoms with E-state index in [1.807, 2.05) is 24.3 Å². The fourth-order valence-electron chi connectivity index (χ4n) is 4.84. The van der Waals surface area contributed by atoms with Crippen LogP contribution in [0.5, 0.6) is 0 Å². The van der Waals surface area contributed by atoms with Crippen LogP contribution in [0, 0.1) is 0 Å². The second-order valence-electron chi connectivity index (χ2n) is 8.20. The van der Waals surface area contributed by atoms with Crippen molar-refractivity contribution in [2.24, 2.45) is 0 Å². The van der Waals surface area contributed by atoms with E-state index >= 15 is 0 Å². The molecule has 4 heteroatoms. The smallest absolute Gasteiger partial charge is 0.251 e. The second kappa shape index (κ2) is 7.35. The van der Waals surface area contributed by atoms with Gasteiger partial charge in [0, 0.05) is 43.3 Å². The van der Waals surface area contributed by atoms with Crippen LogP contribution >= 0.6 is 0 Å². The Morgan fingerprint density at radius 1 is 1.11 bits per heavy atom. The number of anilines is 1. The van der Waals surface area contributed by atoms with Gasteiger partial charge in [-0.3, -0.25) is 4.79 Å². The fraction of sp³-hybridized carbons (Fsp3) is 0.435. The molecular weight excluding hydrogens is 334 g/mol. The molecule has 2 heterocycles. The Bertz CT molecular complexity index is 816. The first-order valence-electron chi connectivity index (χ1n) is 9.94. The number of carbonyl (C=O) groups excluding carboxylic acids is 1. The first-order valence-corrected chi connectivity index (χ1v) is 9.94. The van der Waals surface area contributed by atoms with Crippen LogP contribution in [0.3, 0.4) is 0 Å². The number of benzene rings is 2. The van der Waals surface area contributed by atoms with Crippen molar-refractivity contribution in [2.45, 2.75) is 24.7 Å². The van der Waals surface area contributed by atoms with Crippen molar-refractivity contribution >= 4 is 11.6 Å². The van der Waals surface area contributed by atoms with Crippen LogP contribution in [0.25, 0.3) is 0 Å². The van der Waals surface area contributed by atoms with E-state index in [2.05, 4.69) is 53.5 Å². The van der Waals surface area contributed by atoms with E-state index in [-0.39, 0.29) is 11.3 Å². The molecular formula is C23H29N3O. The summed E-state index contributed by atoms with van der Waals surface area (Å²) in [6.07, 6.45) is 3.28. The molecule has 0 bridgehead atoms. The Hall–Kier alpha value is -2.33. The number of hydrogen-bond acceptors (Lipinski definition) is 3.